The first kappa shape index (κ1) is 27.6. The van der Waals surface area contributed by atoms with E-state index in [-0.39, 0.29) is 40.0 Å². The molecule has 0 aromatic heterocycles. The molecule has 0 saturated carbocycles. The molecule has 6 rings (SSSR count). The predicted octanol–water partition coefficient (Wildman–Crippen LogP) is 2.27. The van der Waals surface area contributed by atoms with Crippen molar-refractivity contribution < 1.29 is 39.2 Å². The van der Waals surface area contributed by atoms with Crippen molar-refractivity contribution in [2.75, 3.05) is 5.32 Å². The van der Waals surface area contributed by atoms with Gasteiger partial charge in [0.05, 0.1) is 22.9 Å². The Kier molecular flexibility index (Phi) is 6.03. The Hall–Kier alpha value is -4.61. The van der Waals surface area contributed by atoms with Gasteiger partial charge >= 0.3 is 6.09 Å². The van der Waals surface area contributed by atoms with Crippen molar-refractivity contribution in [3.8, 4) is 29.4 Å². The van der Waals surface area contributed by atoms with Crippen molar-refractivity contribution in [1.29, 1.82) is 0 Å². The molecular weight excluding hydrogens is 540 g/mol. The Labute approximate surface area is 241 Å². The molecule has 4 aliphatic rings. The SMILES string of the molecule is CC(O)C12OC13c1cc(O)c4c(c1NC2C#CC=CC#CC3O)C(=O)c1ccc(CNC(=O)OC(C)(C)C)cc1C4=O. The summed E-state index contributed by atoms with van der Waals surface area (Å²) in [7, 11) is 0. The van der Waals surface area contributed by atoms with Crippen LogP contribution < -0.4 is 10.6 Å². The number of benzene rings is 2. The highest BCUT2D eigenvalue weighted by Gasteiger charge is 2.82. The quantitative estimate of drug-likeness (QED) is 0.182. The van der Waals surface area contributed by atoms with Gasteiger partial charge in [0.1, 0.15) is 17.4 Å². The fourth-order valence-electron chi connectivity index (χ4n) is 6.09. The lowest BCUT2D eigenvalue weighted by Gasteiger charge is -2.37. The number of nitrogens with one attached hydrogen (secondary N) is 2. The number of hydrogen-bond donors (Lipinski definition) is 5. The van der Waals surface area contributed by atoms with Crippen LogP contribution in [0.1, 0.15) is 70.7 Å². The van der Waals surface area contributed by atoms with Crippen LogP contribution in [0.4, 0.5) is 10.5 Å². The van der Waals surface area contributed by atoms with Crippen LogP contribution in [0.3, 0.4) is 0 Å². The molecule has 5 unspecified atom stereocenters. The Morgan fingerprint density at radius 3 is 2.50 bits per heavy atom. The lowest BCUT2D eigenvalue weighted by atomic mass is 9.69. The Morgan fingerprint density at radius 2 is 1.81 bits per heavy atom. The minimum Gasteiger partial charge on any atom is -0.507 e. The van der Waals surface area contributed by atoms with Gasteiger partial charge in [-0.25, -0.2) is 4.79 Å². The third-order valence-electron chi connectivity index (χ3n) is 7.86. The number of allylic oxidation sites excluding steroid dienone is 2. The number of anilines is 1. The Bertz CT molecular complexity index is 1750. The summed E-state index contributed by atoms with van der Waals surface area (Å²) in [6.45, 7) is 6.77. The second-order valence-electron chi connectivity index (χ2n) is 11.7. The Morgan fingerprint density at radius 1 is 1.12 bits per heavy atom. The van der Waals surface area contributed by atoms with Crippen LogP contribution in [0, 0.1) is 23.7 Å². The van der Waals surface area contributed by atoms with Crippen LogP contribution in [0.15, 0.2) is 36.4 Å². The number of aliphatic hydroxyl groups excluding tert-OH is 2. The summed E-state index contributed by atoms with van der Waals surface area (Å²) in [6.07, 6.45) is -0.260. The van der Waals surface area contributed by atoms with E-state index < -0.39 is 58.5 Å². The van der Waals surface area contributed by atoms with Crippen molar-refractivity contribution in [3.63, 3.8) is 0 Å². The maximum Gasteiger partial charge on any atom is 0.407 e. The fraction of sp³-hybridized carbons (Fsp3) is 0.344. The van der Waals surface area contributed by atoms with Gasteiger partial charge in [-0.3, -0.25) is 9.59 Å². The minimum absolute atomic E-state index is 0.0449. The summed E-state index contributed by atoms with van der Waals surface area (Å²) in [5, 5.41) is 39.1. The topological polar surface area (TPSA) is 158 Å². The highest BCUT2D eigenvalue weighted by molar-refractivity contribution is 6.31. The van der Waals surface area contributed by atoms with Gasteiger partial charge in [-0.2, -0.15) is 0 Å². The number of carbonyl (C=O) groups excluding carboxylic acids is 3. The maximum atomic E-state index is 14.0. The predicted molar refractivity (Wildman–Crippen MR) is 150 cm³/mol. The number of fused-ring (bicyclic) bond motifs is 4. The van der Waals surface area contributed by atoms with Gasteiger partial charge < -0.3 is 35.4 Å². The van der Waals surface area contributed by atoms with E-state index in [4.69, 9.17) is 9.47 Å². The molecular formula is C32H28N2O8. The van der Waals surface area contributed by atoms with Gasteiger partial charge in [0.25, 0.3) is 0 Å². The van der Waals surface area contributed by atoms with Crippen molar-refractivity contribution in [2.45, 2.75) is 69.3 Å². The number of rotatable bonds is 3. The molecule has 42 heavy (non-hydrogen) atoms. The lowest BCUT2D eigenvalue weighted by molar-refractivity contribution is 0.0523. The number of aromatic hydroxyl groups is 1. The molecule has 2 aliphatic heterocycles. The van der Waals surface area contributed by atoms with Crippen molar-refractivity contribution >= 4 is 23.3 Å². The zero-order chi connectivity index (χ0) is 30.2. The summed E-state index contributed by atoms with van der Waals surface area (Å²) in [6, 6.07) is 4.98. The number of aliphatic hydroxyl groups is 2. The number of amides is 1. The van der Waals surface area contributed by atoms with Crippen molar-refractivity contribution in [2.24, 2.45) is 0 Å². The normalized spacial score (nSPS) is 26.8. The second kappa shape index (κ2) is 9.20. The molecule has 214 valence electrons. The molecule has 10 heteroatoms. The zero-order valence-electron chi connectivity index (χ0n) is 23.3. The van der Waals surface area contributed by atoms with Gasteiger partial charge in [-0.05, 0) is 63.6 Å². The minimum atomic E-state index is -1.63. The molecule has 2 aliphatic carbocycles. The number of ketones is 2. The summed E-state index contributed by atoms with van der Waals surface area (Å²) in [4.78, 5) is 39.9. The van der Waals surface area contributed by atoms with Crippen molar-refractivity contribution in [3.05, 3.63) is 69.8 Å². The number of hydrogen-bond acceptors (Lipinski definition) is 9. The van der Waals surface area contributed by atoms with Crippen LogP contribution >= 0.6 is 0 Å². The molecule has 2 heterocycles. The first-order valence-corrected chi connectivity index (χ1v) is 13.4. The molecule has 1 saturated heterocycles. The van der Waals surface area contributed by atoms with Crippen LogP contribution in [0.25, 0.3) is 0 Å². The van der Waals surface area contributed by atoms with Gasteiger partial charge in [0.2, 0.25) is 0 Å². The lowest BCUT2D eigenvalue weighted by Crippen LogP contribution is -2.54. The number of epoxide rings is 1. The number of alkyl carbamates (subject to hydrolysis) is 1. The fourth-order valence-corrected chi connectivity index (χ4v) is 6.09. The highest BCUT2D eigenvalue weighted by atomic mass is 16.7. The average molecular weight is 569 g/mol. The monoisotopic (exact) mass is 568 g/mol. The molecule has 2 aromatic rings. The van der Waals surface area contributed by atoms with E-state index in [0.29, 0.717) is 5.56 Å². The largest absolute Gasteiger partial charge is 0.507 e. The van der Waals surface area contributed by atoms with Crippen molar-refractivity contribution in [1.82, 2.24) is 5.32 Å². The molecule has 5 atom stereocenters. The van der Waals surface area contributed by atoms with E-state index in [2.05, 4.69) is 34.3 Å². The zero-order valence-corrected chi connectivity index (χ0v) is 23.3. The van der Waals surface area contributed by atoms with E-state index in [1.54, 1.807) is 26.8 Å². The summed E-state index contributed by atoms with van der Waals surface area (Å²) < 4.78 is 11.4. The summed E-state index contributed by atoms with van der Waals surface area (Å²) in [5.74, 6) is 9.62. The van der Waals surface area contributed by atoms with Gasteiger partial charge in [0.15, 0.2) is 28.9 Å². The Balaban J connectivity index is 1.45. The van der Waals surface area contributed by atoms with E-state index in [9.17, 15) is 29.7 Å². The summed E-state index contributed by atoms with van der Waals surface area (Å²) >= 11 is 0. The molecule has 1 amide bonds. The van der Waals surface area contributed by atoms with Gasteiger partial charge in [-0.15, -0.1) is 0 Å². The molecule has 1 fully saturated rings. The average Bonchev–Trinajstić information content (AvgIpc) is 3.65. The van der Waals surface area contributed by atoms with E-state index >= 15 is 0 Å². The number of phenols is 1. The van der Waals surface area contributed by atoms with Gasteiger partial charge in [-0.1, -0.05) is 29.7 Å². The molecule has 5 N–H and O–H groups in total. The smallest absolute Gasteiger partial charge is 0.407 e. The molecule has 2 aromatic carbocycles. The molecule has 2 bridgehead atoms. The third kappa shape index (κ3) is 3.84. The number of phenolic OH excluding ortho intramolecular Hbond substituents is 1. The van der Waals surface area contributed by atoms with E-state index in [1.807, 2.05) is 0 Å². The number of carbonyl (C=O) groups is 3. The first-order chi connectivity index (χ1) is 19.8. The molecule has 10 nitrogen and oxygen atoms in total. The first-order valence-electron chi connectivity index (χ1n) is 13.4. The summed E-state index contributed by atoms with van der Waals surface area (Å²) in [5.41, 5.74) is -2.98. The van der Waals surface area contributed by atoms with E-state index in [0.717, 1.165) is 0 Å². The highest BCUT2D eigenvalue weighted by Crippen LogP contribution is 2.67. The van der Waals surface area contributed by atoms with Crippen LogP contribution in [-0.2, 0) is 21.6 Å². The van der Waals surface area contributed by atoms with Crippen LogP contribution in [0.5, 0.6) is 5.75 Å². The van der Waals surface area contributed by atoms with E-state index in [1.165, 1.54) is 37.3 Å². The molecule has 0 radical (unpaired) electrons. The standard InChI is InChI=1S/C32H28N2O8/c1-16(35)31-22-9-7-5-6-8-10-23(37)32(31,42-31)20-14-21(36)24-25(26(20)34-22)27(38)18-12-11-17(13-19(18)28(24)39)15-33-29(40)41-30(2,3)4/h5-6,11-14,16,22-23,34-37H,15H2,1-4H3,(H,33,40). The second-order valence-corrected chi connectivity index (χ2v) is 11.7. The van der Waals surface area contributed by atoms with Gasteiger partial charge in [0, 0.05) is 23.2 Å². The molecule has 0 spiro atoms. The maximum absolute atomic E-state index is 14.0. The number of ether oxygens (including phenoxy) is 2. The third-order valence-corrected chi connectivity index (χ3v) is 7.86. The van der Waals surface area contributed by atoms with Crippen LogP contribution in [-0.4, -0.2) is 62.4 Å². The van der Waals surface area contributed by atoms with Crippen LogP contribution in [0.2, 0.25) is 0 Å².